The van der Waals surface area contributed by atoms with Gasteiger partial charge in [0.15, 0.2) is 0 Å². The third-order valence-electron chi connectivity index (χ3n) is 2.91. The molecule has 0 saturated heterocycles. The van der Waals surface area contributed by atoms with Crippen LogP contribution in [0.2, 0.25) is 5.15 Å². The molecule has 1 aliphatic rings. The summed E-state index contributed by atoms with van der Waals surface area (Å²) in [5, 5.41) is 10.1. The molecule has 1 N–H and O–H groups in total. The van der Waals surface area contributed by atoms with Gasteiger partial charge < -0.3 is 9.84 Å². The highest BCUT2D eigenvalue weighted by Crippen LogP contribution is 2.37. The van der Waals surface area contributed by atoms with Crippen molar-refractivity contribution in [2.75, 3.05) is 0 Å². The summed E-state index contributed by atoms with van der Waals surface area (Å²) in [4.78, 5) is 20.8. The molecule has 7 heteroatoms. The SMILES string of the molecule is O=C(O)CC1Cc2c(sc3ncnc(Cl)c23)CO1. The van der Waals surface area contributed by atoms with Crippen LogP contribution in [0.1, 0.15) is 16.9 Å². The van der Waals surface area contributed by atoms with E-state index < -0.39 is 5.97 Å². The van der Waals surface area contributed by atoms with Gasteiger partial charge in [-0.25, -0.2) is 9.97 Å². The van der Waals surface area contributed by atoms with E-state index in [0.29, 0.717) is 18.2 Å². The Kier molecular flexibility index (Phi) is 2.93. The van der Waals surface area contributed by atoms with Gasteiger partial charge in [0.1, 0.15) is 16.3 Å². The minimum absolute atomic E-state index is 0.00207. The number of fused-ring (bicyclic) bond motifs is 3. The first kappa shape index (κ1) is 11.8. The number of carbonyl (C=O) groups is 1. The first-order valence-electron chi connectivity index (χ1n) is 5.39. The van der Waals surface area contributed by atoms with Crippen molar-refractivity contribution in [3.8, 4) is 0 Å². The zero-order chi connectivity index (χ0) is 12.7. The normalized spacial score (nSPS) is 18.8. The zero-order valence-corrected chi connectivity index (χ0v) is 10.8. The van der Waals surface area contributed by atoms with Crippen molar-refractivity contribution in [1.29, 1.82) is 0 Å². The number of ether oxygens (including phenoxy) is 1. The molecule has 0 fully saturated rings. The lowest BCUT2D eigenvalue weighted by molar-refractivity contribution is -0.140. The van der Waals surface area contributed by atoms with E-state index in [1.807, 2.05) is 0 Å². The predicted molar refractivity (Wildman–Crippen MR) is 67.0 cm³/mol. The van der Waals surface area contributed by atoms with Crippen LogP contribution in [-0.2, 0) is 22.6 Å². The van der Waals surface area contributed by atoms with Crippen molar-refractivity contribution in [1.82, 2.24) is 9.97 Å². The summed E-state index contributed by atoms with van der Waals surface area (Å²) in [6.45, 7) is 0.421. The van der Waals surface area contributed by atoms with Crippen LogP contribution >= 0.6 is 22.9 Å². The fourth-order valence-electron chi connectivity index (χ4n) is 2.14. The van der Waals surface area contributed by atoms with Gasteiger partial charge in [0.05, 0.1) is 24.5 Å². The fraction of sp³-hybridized carbons (Fsp3) is 0.364. The predicted octanol–water partition coefficient (Wildman–Crippen LogP) is 2.26. The van der Waals surface area contributed by atoms with Crippen molar-refractivity contribution in [2.45, 2.75) is 25.6 Å². The molecule has 0 aromatic carbocycles. The van der Waals surface area contributed by atoms with Gasteiger partial charge >= 0.3 is 5.97 Å². The van der Waals surface area contributed by atoms with E-state index in [9.17, 15) is 4.79 Å². The number of hydrogen-bond donors (Lipinski definition) is 1. The summed E-state index contributed by atoms with van der Waals surface area (Å²) < 4.78 is 5.52. The molecule has 1 aliphatic heterocycles. The first-order valence-corrected chi connectivity index (χ1v) is 6.58. The van der Waals surface area contributed by atoms with Gasteiger partial charge in [-0.2, -0.15) is 0 Å². The minimum Gasteiger partial charge on any atom is -0.481 e. The van der Waals surface area contributed by atoms with Crippen LogP contribution in [0, 0.1) is 0 Å². The fourth-order valence-corrected chi connectivity index (χ4v) is 3.53. The molecule has 0 radical (unpaired) electrons. The van der Waals surface area contributed by atoms with Crippen molar-refractivity contribution in [3.05, 3.63) is 21.9 Å². The standard InChI is InChI=1S/C11H9ClN2O3S/c12-10-9-6-1-5(2-8(15)16)17-3-7(6)18-11(9)14-4-13-10/h4-5H,1-3H2,(H,15,16). The molecule has 0 saturated carbocycles. The number of carboxylic acids is 1. The topological polar surface area (TPSA) is 72.3 Å². The van der Waals surface area contributed by atoms with E-state index in [0.717, 1.165) is 20.7 Å². The van der Waals surface area contributed by atoms with E-state index in [4.69, 9.17) is 21.4 Å². The van der Waals surface area contributed by atoms with Crippen LogP contribution in [0.5, 0.6) is 0 Å². The summed E-state index contributed by atoms with van der Waals surface area (Å²) in [6.07, 6.45) is 1.68. The van der Waals surface area contributed by atoms with Crippen molar-refractivity contribution in [3.63, 3.8) is 0 Å². The van der Waals surface area contributed by atoms with Crippen LogP contribution in [0.15, 0.2) is 6.33 Å². The number of thiophene rings is 1. The second kappa shape index (κ2) is 4.46. The third-order valence-corrected chi connectivity index (χ3v) is 4.31. The third kappa shape index (κ3) is 1.96. The highest BCUT2D eigenvalue weighted by Gasteiger charge is 2.26. The molecule has 18 heavy (non-hydrogen) atoms. The Morgan fingerprint density at radius 2 is 2.44 bits per heavy atom. The highest BCUT2D eigenvalue weighted by atomic mass is 35.5. The van der Waals surface area contributed by atoms with E-state index in [1.54, 1.807) is 0 Å². The zero-order valence-electron chi connectivity index (χ0n) is 9.22. The highest BCUT2D eigenvalue weighted by molar-refractivity contribution is 7.18. The number of aromatic nitrogens is 2. The molecule has 1 atom stereocenters. The monoisotopic (exact) mass is 284 g/mol. The molecular formula is C11H9ClN2O3S. The summed E-state index contributed by atoms with van der Waals surface area (Å²) in [5.74, 6) is -0.856. The maximum Gasteiger partial charge on any atom is 0.305 e. The molecule has 0 bridgehead atoms. The van der Waals surface area contributed by atoms with Gasteiger partial charge in [0.2, 0.25) is 0 Å². The average Bonchev–Trinajstić information content (AvgIpc) is 2.67. The number of aliphatic carboxylic acids is 1. The van der Waals surface area contributed by atoms with Gasteiger partial charge in [0, 0.05) is 11.3 Å². The second-order valence-electron chi connectivity index (χ2n) is 4.08. The Morgan fingerprint density at radius 3 is 3.22 bits per heavy atom. The Labute approximate surface area is 111 Å². The number of carboxylic acid groups (broad SMARTS) is 1. The molecule has 0 aliphatic carbocycles. The molecule has 2 aromatic rings. The Balaban J connectivity index is 2.03. The molecule has 3 rings (SSSR count). The Hall–Kier alpha value is -1.24. The smallest absolute Gasteiger partial charge is 0.305 e. The van der Waals surface area contributed by atoms with Crippen LogP contribution in [0.25, 0.3) is 10.2 Å². The maximum absolute atomic E-state index is 10.7. The van der Waals surface area contributed by atoms with Crippen molar-refractivity contribution < 1.29 is 14.6 Å². The maximum atomic E-state index is 10.7. The summed E-state index contributed by atoms with van der Waals surface area (Å²) in [7, 11) is 0. The largest absolute Gasteiger partial charge is 0.481 e. The number of nitrogens with zero attached hydrogens (tertiary/aromatic N) is 2. The molecule has 2 aromatic heterocycles. The summed E-state index contributed by atoms with van der Waals surface area (Å²) in [5.41, 5.74) is 1.04. The van der Waals surface area contributed by atoms with Crippen LogP contribution in [0.4, 0.5) is 0 Å². The van der Waals surface area contributed by atoms with E-state index >= 15 is 0 Å². The van der Waals surface area contributed by atoms with Crippen LogP contribution < -0.4 is 0 Å². The molecule has 0 amide bonds. The molecule has 1 unspecified atom stereocenters. The lowest BCUT2D eigenvalue weighted by Crippen LogP contribution is -2.24. The van der Waals surface area contributed by atoms with Gasteiger partial charge in [-0.1, -0.05) is 11.6 Å². The van der Waals surface area contributed by atoms with Gasteiger partial charge in [-0.15, -0.1) is 11.3 Å². The lowest BCUT2D eigenvalue weighted by Gasteiger charge is -2.21. The van der Waals surface area contributed by atoms with Crippen LogP contribution in [0.3, 0.4) is 0 Å². The molecule has 5 nitrogen and oxygen atoms in total. The summed E-state index contributed by atoms with van der Waals surface area (Å²) >= 11 is 7.61. The summed E-state index contributed by atoms with van der Waals surface area (Å²) in [6, 6.07) is 0. The first-order chi connectivity index (χ1) is 8.65. The lowest BCUT2D eigenvalue weighted by atomic mass is 10.0. The van der Waals surface area contributed by atoms with E-state index in [2.05, 4.69) is 9.97 Å². The number of halogens is 1. The van der Waals surface area contributed by atoms with Gasteiger partial charge in [-0.05, 0) is 5.56 Å². The molecule has 0 spiro atoms. The number of rotatable bonds is 2. The number of hydrogen-bond acceptors (Lipinski definition) is 5. The Bertz CT molecular complexity index is 628. The molecule has 3 heterocycles. The Morgan fingerprint density at radius 1 is 1.61 bits per heavy atom. The molecular weight excluding hydrogens is 276 g/mol. The quantitative estimate of drug-likeness (QED) is 0.857. The van der Waals surface area contributed by atoms with E-state index in [-0.39, 0.29) is 12.5 Å². The van der Waals surface area contributed by atoms with Crippen molar-refractivity contribution >= 4 is 39.1 Å². The van der Waals surface area contributed by atoms with Crippen molar-refractivity contribution in [2.24, 2.45) is 0 Å². The van der Waals surface area contributed by atoms with E-state index in [1.165, 1.54) is 17.7 Å². The minimum atomic E-state index is -0.856. The molecule has 94 valence electrons. The van der Waals surface area contributed by atoms with Gasteiger partial charge in [-0.3, -0.25) is 4.79 Å². The average molecular weight is 285 g/mol. The van der Waals surface area contributed by atoms with Crippen LogP contribution in [-0.4, -0.2) is 27.1 Å². The second-order valence-corrected chi connectivity index (χ2v) is 5.53. The van der Waals surface area contributed by atoms with Gasteiger partial charge in [0.25, 0.3) is 0 Å².